The van der Waals surface area contributed by atoms with E-state index in [1.807, 2.05) is 0 Å². The Labute approximate surface area is 238 Å². The number of aryl methyl sites for hydroxylation is 2. The lowest BCUT2D eigenvalue weighted by atomic mass is 9.87. The number of unbranched alkanes of at least 4 members (excludes halogenated alkanes) is 2. The Balaban J connectivity index is 2.81. The molecule has 0 saturated heterocycles. The lowest BCUT2D eigenvalue weighted by molar-refractivity contribution is -0.143. The molecule has 0 radical (unpaired) electrons. The third-order valence-corrected chi connectivity index (χ3v) is 6.19. The molecule has 1 atom stereocenters. The summed E-state index contributed by atoms with van der Waals surface area (Å²) in [7, 11) is 0. The molecule has 41 heavy (non-hydrogen) atoms. The number of nitrogens with one attached hydrogen (secondary N) is 1. The van der Waals surface area contributed by atoms with Gasteiger partial charge in [-0.3, -0.25) is 4.79 Å². The van der Waals surface area contributed by atoms with Gasteiger partial charge in [0, 0.05) is 5.56 Å². The molecule has 5 nitrogen and oxygen atoms in total. The molecule has 0 aliphatic heterocycles. The molecule has 2 aromatic carbocycles. The number of esters is 1. The Morgan fingerprint density at radius 1 is 1.02 bits per heavy atom. The molecule has 1 amide bonds. The van der Waals surface area contributed by atoms with E-state index in [-0.39, 0.29) is 12.2 Å². The molecule has 0 heterocycles. The van der Waals surface area contributed by atoms with Gasteiger partial charge in [-0.25, -0.2) is 13.6 Å². The van der Waals surface area contributed by atoms with Gasteiger partial charge in [0.1, 0.15) is 17.2 Å². The summed E-state index contributed by atoms with van der Waals surface area (Å²) in [5, 5.41) is 2.34. The molecule has 0 unspecified atom stereocenters. The zero-order valence-corrected chi connectivity index (χ0v) is 24.1. The molecule has 0 fully saturated rings. The second kappa shape index (κ2) is 14.5. The van der Waals surface area contributed by atoms with E-state index in [2.05, 4.69) is 11.9 Å². The lowest BCUT2D eigenvalue weighted by Crippen LogP contribution is -2.36. The third kappa shape index (κ3) is 9.86. The second-order valence-electron chi connectivity index (χ2n) is 10.6. The first kappa shape index (κ1) is 33.8. The number of hydrogen-bond acceptors (Lipinski definition) is 4. The maximum Gasteiger partial charge on any atom is 0.419 e. The summed E-state index contributed by atoms with van der Waals surface area (Å²) < 4.78 is 82.9. The number of carbonyl (C=O) groups is 2. The molecule has 0 aromatic heterocycles. The second-order valence-corrected chi connectivity index (χ2v) is 10.6. The fraction of sp³-hybridized carbons (Fsp3) is 0.484. The first-order valence-electron chi connectivity index (χ1n) is 13.6. The Morgan fingerprint density at radius 2 is 1.68 bits per heavy atom. The molecular weight excluding hydrogens is 545 g/mol. The SMILES string of the molecule is C=CCCCCc1cc(F)cc(CC)c1-c1cc([C@H](CC(=O)OCC)NC(=O)OC(C)(C)C)c(F)c(C(F)(F)F)c1. The highest BCUT2D eigenvalue weighted by Gasteiger charge is 2.38. The van der Waals surface area contributed by atoms with Crippen LogP contribution in [0.4, 0.5) is 26.7 Å². The number of hydrogen-bond donors (Lipinski definition) is 1. The van der Waals surface area contributed by atoms with Crippen molar-refractivity contribution in [3.05, 3.63) is 70.8 Å². The number of alkyl carbamates (subject to hydrolysis) is 1. The number of alkyl halides is 3. The van der Waals surface area contributed by atoms with Crippen LogP contribution in [0.1, 0.15) is 88.6 Å². The van der Waals surface area contributed by atoms with Gasteiger partial charge in [0.15, 0.2) is 0 Å². The summed E-state index contributed by atoms with van der Waals surface area (Å²) in [6, 6.07) is 2.83. The third-order valence-electron chi connectivity index (χ3n) is 6.19. The average molecular weight is 584 g/mol. The van der Waals surface area contributed by atoms with E-state index < -0.39 is 59.1 Å². The zero-order chi connectivity index (χ0) is 31.0. The number of halogens is 5. The van der Waals surface area contributed by atoms with Crippen LogP contribution in [0.5, 0.6) is 0 Å². The fourth-order valence-corrected chi connectivity index (χ4v) is 4.50. The van der Waals surface area contributed by atoms with Crippen molar-refractivity contribution < 1.29 is 41.0 Å². The fourth-order valence-electron chi connectivity index (χ4n) is 4.50. The van der Waals surface area contributed by atoms with Crippen molar-refractivity contribution in [3.8, 4) is 11.1 Å². The van der Waals surface area contributed by atoms with Gasteiger partial charge in [-0.05, 0) is 106 Å². The summed E-state index contributed by atoms with van der Waals surface area (Å²) in [5.74, 6) is -3.03. The van der Waals surface area contributed by atoms with Crippen LogP contribution in [0.3, 0.4) is 0 Å². The smallest absolute Gasteiger partial charge is 0.419 e. The maximum atomic E-state index is 15.6. The van der Waals surface area contributed by atoms with Crippen molar-refractivity contribution in [2.45, 2.75) is 91.0 Å². The van der Waals surface area contributed by atoms with Gasteiger partial charge in [0.2, 0.25) is 0 Å². The Morgan fingerprint density at radius 3 is 2.24 bits per heavy atom. The monoisotopic (exact) mass is 583 g/mol. The first-order chi connectivity index (χ1) is 19.1. The maximum absolute atomic E-state index is 15.6. The lowest BCUT2D eigenvalue weighted by Gasteiger charge is -2.25. The molecule has 10 heteroatoms. The van der Waals surface area contributed by atoms with E-state index in [1.54, 1.807) is 33.8 Å². The van der Waals surface area contributed by atoms with E-state index in [1.165, 1.54) is 25.1 Å². The van der Waals surface area contributed by atoms with E-state index >= 15 is 4.39 Å². The summed E-state index contributed by atoms with van der Waals surface area (Å²) in [6.45, 7) is 11.7. The van der Waals surface area contributed by atoms with Gasteiger partial charge in [0.25, 0.3) is 0 Å². The summed E-state index contributed by atoms with van der Waals surface area (Å²) >= 11 is 0. The molecule has 1 N–H and O–H groups in total. The molecule has 2 aromatic rings. The minimum absolute atomic E-state index is 0.0101. The van der Waals surface area contributed by atoms with Crippen LogP contribution in [0.25, 0.3) is 11.1 Å². The Kier molecular flexibility index (Phi) is 11.9. The highest BCUT2D eigenvalue weighted by Crippen LogP contribution is 2.40. The Hall–Kier alpha value is -3.43. The molecule has 0 aliphatic rings. The predicted octanol–water partition coefficient (Wildman–Crippen LogP) is 8.63. The number of amides is 1. The van der Waals surface area contributed by atoms with Gasteiger partial charge in [-0.1, -0.05) is 13.0 Å². The van der Waals surface area contributed by atoms with Gasteiger partial charge < -0.3 is 14.8 Å². The standard InChI is InChI=1S/C31H38F5NO4/c1-7-10-11-12-13-20-15-22(32)14-19(8-2)27(20)21-16-23(28(33)24(17-21)31(34,35)36)25(18-26(38)40-9-3)37-29(39)41-30(4,5)6/h7,14-17,25H,1,8-13,18H2,2-6H3,(H,37,39)/t25-/m0/s1. The van der Waals surface area contributed by atoms with Crippen LogP contribution >= 0.6 is 0 Å². The van der Waals surface area contributed by atoms with Crippen LogP contribution in [0, 0.1) is 11.6 Å². The summed E-state index contributed by atoms with van der Waals surface area (Å²) in [5.41, 5.74) is -1.86. The van der Waals surface area contributed by atoms with Crippen LogP contribution in [0.2, 0.25) is 0 Å². The largest absolute Gasteiger partial charge is 0.466 e. The number of carbonyl (C=O) groups excluding carboxylic acids is 2. The predicted molar refractivity (Wildman–Crippen MR) is 147 cm³/mol. The molecule has 2 rings (SSSR count). The van der Waals surface area contributed by atoms with Crippen molar-refractivity contribution in [1.82, 2.24) is 5.32 Å². The van der Waals surface area contributed by atoms with Crippen LogP contribution < -0.4 is 5.32 Å². The van der Waals surface area contributed by atoms with Crippen molar-refractivity contribution in [2.75, 3.05) is 6.61 Å². The number of benzene rings is 2. The topological polar surface area (TPSA) is 64.6 Å². The van der Waals surface area contributed by atoms with Crippen LogP contribution in [-0.2, 0) is 33.3 Å². The number of rotatable bonds is 12. The van der Waals surface area contributed by atoms with E-state index in [0.717, 1.165) is 12.8 Å². The normalized spacial score (nSPS) is 12.5. The summed E-state index contributed by atoms with van der Waals surface area (Å²) in [6.07, 6.45) is -2.32. The van der Waals surface area contributed by atoms with Gasteiger partial charge >= 0.3 is 18.2 Å². The number of ether oxygens (including phenoxy) is 2. The van der Waals surface area contributed by atoms with Crippen LogP contribution in [-0.4, -0.2) is 24.3 Å². The average Bonchev–Trinajstić information content (AvgIpc) is 2.84. The molecule has 0 saturated carbocycles. The quantitative estimate of drug-likeness (QED) is 0.118. The van der Waals surface area contributed by atoms with Crippen molar-refractivity contribution >= 4 is 12.1 Å². The highest BCUT2D eigenvalue weighted by atomic mass is 19.4. The van der Waals surface area contributed by atoms with E-state index in [9.17, 15) is 27.2 Å². The Bertz CT molecular complexity index is 1230. The van der Waals surface area contributed by atoms with Crippen molar-refractivity contribution in [3.63, 3.8) is 0 Å². The van der Waals surface area contributed by atoms with Gasteiger partial charge in [-0.2, -0.15) is 13.2 Å². The van der Waals surface area contributed by atoms with Crippen molar-refractivity contribution in [1.29, 1.82) is 0 Å². The minimum atomic E-state index is -5.11. The van der Waals surface area contributed by atoms with Gasteiger partial charge in [-0.15, -0.1) is 6.58 Å². The molecule has 0 spiro atoms. The zero-order valence-electron chi connectivity index (χ0n) is 24.1. The molecular formula is C31H38F5NO4. The van der Waals surface area contributed by atoms with Gasteiger partial charge in [0.05, 0.1) is 24.6 Å². The first-order valence-corrected chi connectivity index (χ1v) is 13.6. The van der Waals surface area contributed by atoms with E-state index in [0.29, 0.717) is 42.0 Å². The number of allylic oxidation sites excluding steroid dienone is 1. The molecule has 0 aliphatic carbocycles. The van der Waals surface area contributed by atoms with Crippen LogP contribution in [0.15, 0.2) is 36.9 Å². The summed E-state index contributed by atoms with van der Waals surface area (Å²) in [4.78, 5) is 25.0. The van der Waals surface area contributed by atoms with E-state index in [4.69, 9.17) is 9.47 Å². The minimum Gasteiger partial charge on any atom is -0.466 e. The highest BCUT2D eigenvalue weighted by molar-refractivity contribution is 5.76. The van der Waals surface area contributed by atoms with Crippen molar-refractivity contribution in [2.24, 2.45) is 0 Å². The molecule has 0 bridgehead atoms. The molecule has 226 valence electrons.